The second-order valence-corrected chi connectivity index (χ2v) is 7.53. The van der Waals surface area contributed by atoms with Crippen LogP contribution in [0.15, 0.2) is 42.9 Å². The van der Waals surface area contributed by atoms with Gasteiger partial charge in [0.25, 0.3) is 0 Å². The number of nitrogens with zero attached hydrogens (tertiary/aromatic N) is 7. The van der Waals surface area contributed by atoms with Gasteiger partial charge in [0, 0.05) is 32.3 Å². The number of fused-ring (bicyclic) bond motifs is 2. The highest BCUT2D eigenvalue weighted by molar-refractivity contribution is 5.82. The van der Waals surface area contributed by atoms with Gasteiger partial charge < -0.3 is 9.80 Å². The maximum Gasteiger partial charge on any atom is 0.227 e. The molecule has 1 amide bonds. The zero-order valence-corrected chi connectivity index (χ0v) is 16.3. The normalized spacial score (nSPS) is 20.6. The van der Waals surface area contributed by atoms with Crippen LogP contribution in [0.25, 0.3) is 5.65 Å². The molecule has 0 aromatic carbocycles. The van der Waals surface area contributed by atoms with Crippen LogP contribution in [0.2, 0.25) is 0 Å². The summed E-state index contributed by atoms with van der Waals surface area (Å²) < 4.78 is 1.70. The number of pyridine rings is 2. The number of nitriles is 1. The Morgan fingerprint density at radius 1 is 1.17 bits per heavy atom. The topological polar surface area (TPSA) is 90.4 Å². The molecule has 2 saturated heterocycles. The van der Waals surface area contributed by atoms with E-state index in [1.807, 2.05) is 29.2 Å². The van der Waals surface area contributed by atoms with Crippen molar-refractivity contribution < 1.29 is 4.79 Å². The number of carbonyl (C=O) groups excluding carboxylic acids is 1. The molecule has 30 heavy (non-hydrogen) atoms. The number of aromatic nitrogens is 4. The Morgan fingerprint density at radius 2 is 2.10 bits per heavy atom. The van der Waals surface area contributed by atoms with Crippen molar-refractivity contribution >= 4 is 17.4 Å². The lowest BCUT2D eigenvalue weighted by molar-refractivity contribution is -0.132. The fourth-order valence-electron chi connectivity index (χ4n) is 4.23. The van der Waals surface area contributed by atoms with Crippen molar-refractivity contribution in [1.29, 1.82) is 5.26 Å². The fraction of sp³-hybridized carbons (Fsp3) is 0.318. The van der Waals surface area contributed by atoms with E-state index in [1.165, 1.54) is 6.33 Å². The molecule has 0 unspecified atom stereocenters. The SMILES string of the molecule is N#Cc1ccc(N2CCN3C(=O)[C@@H](CC#Cc4cccc5ncnn45)C[C@H]3C2)nc1. The summed E-state index contributed by atoms with van der Waals surface area (Å²) in [6.45, 7) is 2.19. The molecule has 148 valence electrons. The molecule has 2 aliphatic rings. The largest absolute Gasteiger partial charge is 0.353 e. The van der Waals surface area contributed by atoms with E-state index in [-0.39, 0.29) is 17.9 Å². The molecule has 2 aliphatic heterocycles. The van der Waals surface area contributed by atoms with E-state index in [1.54, 1.807) is 16.8 Å². The molecule has 0 N–H and O–H groups in total. The highest BCUT2D eigenvalue weighted by Crippen LogP contribution is 2.31. The van der Waals surface area contributed by atoms with Gasteiger partial charge in [0.1, 0.15) is 23.9 Å². The van der Waals surface area contributed by atoms with Crippen molar-refractivity contribution in [1.82, 2.24) is 24.5 Å². The van der Waals surface area contributed by atoms with Crippen LogP contribution in [0, 0.1) is 29.1 Å². The second-order valence-electron chi connectivity index (χ2n) is 7.53. The van der Waals surface area contributed by atoms with Crippen LogP contribution in [0.5, 0.6) is 0 Å². The Kier molecular flexibility index (Phi) is 4.53. The molecule has 0 spiro atoms. The quantitative estimate of drug-likeness (QED) is 0.609. The van der Waals surface area contributed by atoms with Gasteiger partial charge in [-0.3, -0.25) is 4.79 Å². The van der Waals surface area contributed by atoms with Gasteiger partial charge in [0.15, 0.2) is 5.65 Å². The Morgan fingerprint density at radius 3 is 2.93 bits per heavy atom. The lowest BCUT2D eigenvalue weighted by Gasteiger charge is -2.38. The lowest BCUT2D eigenvalue weighted by Crippen LogP contribution is -2.51. The van der Waals surface area contributed by atoms with Gasteiger partial charge >= 0.3 is 0 Å². The monoisotopic (exact) mass is 397 g/mol. The number of hydrogen-bond acceptors (Lipinski definition) is 6. The standard InChI is InChI=1S/C22H19N7O/c23-12-16-7-8-20(24-13-16)27-9-10-28-19(14-27)11-17(22(28)30)3-1-4-18-5-2-6-21-25-15-26-29(18)21/h2,5-8,13,15,17,19H,3,9-11,14H2/t17-,19-/m0/s1. The van der Waals surface area contributed by atoms with Gasteiger partial charge in [-0.15, -0.1) is 0 Å². The van der Waals surface area contributed by atoms with Crippen molar-refractivity contribution in [2.45, 2.75) is 18.9 Å². The molecule has 8 nitrogen and oxygen atoms in total. The Bertz CT molecular complexity index is 1200. The summed E-state index contributed by atoms with van der Waals surface area (Å²) in [4.78, 5) is 25.6. The van der Waals surface area contributed by atoms with Gasteiger partial charge in [0.2, 0.25) is 5.91 Å². The molecule has 3 aromatic rings. The minimum Gasteiger partial charge on any atom is -0.353 e. The third-order valence-corrected chi connectivity index (χ3v) is 5.74. The molecule has 8 heteroatoms. The minimum atomic E-state index is -0.0775. The first-order valence-corrected chi connectivity index (χ1v) is 9.92. The summed E-state index contributed by atoms with van der Waals surface area (Å²) in [5, 5.41) is 13.1. The van der Waals surface area contributed by atoms with Crippen LogP contribution in [-0.4, -0.2) is 56.1 Å². The van der Waals surface area contributed by atoms with E-state index < -0.39 is 0 Å². The van der Waals surface area contributed by atoms with Crippen LogP contribution in [0.1, 0.15) is 24.1 Å². The average Bonchev–Trinajstić information content (AvgIpc) is 3.39. The molecular formula is C22H19N7O. The summed E-state index contributed by atoms with van der Waals surface area (Å²) in [7, 11) is 0. The van der Waals surface area contributed by atoms with Crippen LogP contribution in [0.4, 0.5) is 5.82 Å². The van der Waals surface area contributed by atoms with Crippen molar-refractivity contribution in [3.05, 3.63) is 54.1 Å². The molecule has 2 atom stereocenters. The third kappa shape index (κ3) is 3.23. The van der Waals surface area contributed by atoms with E-state index in [4.69, 9.17) is 5.26 Å². The summed E-state index contributed by atoms with van der Waals surface area (Å²) in [6, 6.07) is 11.6. The van der Waals surface area contributed by atoms with E-state index >= 15 is 0 Å². The maximum absolute atomic E-state index is 12.8. The maximum atomic E-state index is 12.8. The fourth-order valence-corrected chi connectivity index (χ4v) is 4.23. The Hall–Kier alpha value is -3.91. The number of carbonyl (C=O) groups is 1. The van der Waals surface area contributed by atoms with E-state index in [9.17, 15) is 4.79 Å². The first-order valence-electron chi connectivity index (χ1n) is 9.92. The van der Waals surface area contributed by atoms with Crippen molar-refractivity contribution in [3.63, 3.8) is 0 Å². The van der Waals surface area contributed by atoms with E-state index in [0.29, 0.717) is 18.5 Å². The molecule has 3 aromatic heterocycles. The second kappa shape index (κ2) is 7.49. The lowest BCUT2D eigenvalue weighted by atomic mass is 10.0. The van der Waals surface area contributed by atoms with Gasteiger partial charge in [-0.2, -0.15) is 10.4 Å². The molecule has 0 saturated carbocycles. The highest BCUT2D eigenvalue weighted by atomic mass is 16.2. The smallest absolute Gasteiger partial charge is 0.227 e. The molecule has 0 bridgehead atoms. The summed E-state index contributed by atoms with van der Waals surface area (Å²) >= 11 is 0. The van der Waals surface area contributed by atoms with E-state index in [2.05, 4.69) is 37.9 Å². The van der Waals surface area contributed by atoms with Gasteiger partial charge in [0.05, 0.1) is 17.5 Å². The molecule has 2 fully saturated rings. The molecule has 0 radical (unpaired) electrons. The zero-order chi connectivity index (χ0) is 20.5. The van der Waals surface area contributed by atoms with Crippen LogP contribution >= 0.6 is 0 Å². The number of amides is 1. The molecular weight excluding hydrogens is 378 g/mol. The van der Waals surface area contributed by atoms with Gasteiger partial charge in [-0.05, 0) is 36.6 Å². The first kappa shape index (κ1) is 18.1. The van der Waals surface area contributed by atoms with Crippen molar-refractivity contribution in [2.24, 2.45) is 5.92 Å². The third-order valence-electron chi connectivity index (χ3n) is 5.74. The summed E-state index contributed by atoms with van der Waals surface area (Å²) in [6.07, 6.45) is 4.43. The number of piperazine rings is 1. The molecule has 5 rings (SSSR count). The zero-order valence-electron chi connectivity index (χ0n) is 16.3. The Balaban J connectivity index is 1.26. The van der Waals surface area contributed by atoms with Gasteiger partial charge in [-0.25, -0.2) is 14.5 Å². The number of rotatable bonds is 2. The van der Waals surface area contributed by atoms with Gasteiger partial charge in [-0.1, -0.05) is 12.0 Å². The average molecular weight is 397 g/mol. The predicted octanol–water partition coefficient (Wildman–Crippen LogP) is 1.47. The molecule has 0 aliphatic carbocycles. The summed E-state index contributed by atoms with van der Waals surface area (Å²) in [5.41, 5.74) is 2.08. The Labute approximate surface area is 173 Å². The molecule has 5 heterocycles. The van der Waals surface area contributed by atoms with Crippen LogP contribution in [0.3, 0.4) is 0 Å². The summed E-state index contributed by atoms with van der Waals surface area (Å²) in [5.74, 6) is 7.29. The number of anilines is 1. The predicted molar refractivity (Wildman–Crippen MR) is 109 cm³/mol. The van der Waals surface area contributed by atoms with Crippen molar-refractivity contribution in [2.75, 3.05) is 24.5 Å². The van der Waals surface area contributed by atoms with E-state index in [0.717, 1.165) is 36.7 Å². The highest BCUT2D eigenvalue weighted by Gasteiger charge is 2.42. The van der Waals surface area contributed by atoms with Crippen molar-refractivity contribution in [3.8, 4) is 17.9 Å². The first-order chi connectivity index (χ1) is 14.7. The van der Waals surface area contributed by atoms with Crippen LogP contribution in [-0.2, 0) is 4.79 Å². The van der Waals surface area contributed by atoms with Crippen LogP contribution < -0.4 is 4.90 Å². The minimum absolute atomic E-state index is 0.0775. The number of hydrogen-bond donors (Lipinski definition) is 0.